The normalized spacial score (nSPS) is 16.7. The number of amides is 1. The second-order valence-corrected chi connectivity index (χ2v) is 12.4. The van der Waals surface area contributed by atoms with Gasteiger partial charge in [-0.1, -0.05) is 54.6 Å². The first kappa shape index (κ1) is 23.6. The number of hydrogen-bond donors (Lipinski definition) is 1. The summed E-state index contributed by atoms with van der Waals surface area (Å²) in [5.74, 6) is -0.109. The van der Waals surface area contributed by atoms with Crippen LogP contribution in [0, 0.1) is 6.92 Å². The maximum Gasteiger partial charge on any atom is 0.256 e. The van der Waals surface area contributed by atoms with Crippen molar-refractivity contribution in [2.45, 2.75) is 19.4 Å². The van der Waals surface area contributed by atoms with Gasteiger partial charge >= 0.3 is 0 Å². The summed E-state index contributed by atoms with van der Waals surface area (Å²) >= 11 is 1.53. The van der Waals surface area contributed by atoms with Gasteiger partial charge < -0.3 is 5.32 Å². The summed E-state index contributed by atoms with van der Waals surface area (Å²) in [5.41, 5.74) is 4.92. The number of pyridine rings is 1. The monoisotopic (exact) mass is 528 g/mol. The number of nitrogens with one attached hydrogen (secondary N) is 1. The third-order valence-electron chi connectivity index (χ3n) is 6.67. The molecule has 186 valence electrons. The van der Waals surface area contributed by atoms with Crippen LogP contribution in [0.3, 0.4) is 0 Å². The van der Waals surface area contributed by atoms with Crippen molar-refractivity contribution in [1.82, 2.24) is 14.8 Å². The van der Waals surface area contributed by atoms with Gasteiger partial charge in [-0.25, -0.2) is 18.1 Å². The molecule has 1 atom stereocenters. The lowest BCUT2D eigenvalue weighted by Crippen LogP contribution is -2.15. The van der Waals surface area contributed by atoms with Crippen LogP contribution in [0.5, 0.6) is 0 Å². The summed E-state index contributed by atoms with van der Waals surface area (Å²) in [6.07, 6.45) is 0.482. The van der Waals surface area contributed by atoms with Gasteiger partial charge in [-0.3, -0.25) is 4.79 Å². The first-order valence-electron chi connectivity index (χ1n) is 12.0. The van der Waals surface area contributed by atoms with E-state index < -0.39 is 9.84 Å². The van der Waals surface area contributed by atoms with Gasteiger partial charge in [-0.05, 0) is 42.5 Å². The van der Waals surface area contributed by atoms with Gasteiger partial charge in [0.2, 0.25) is 0 Å². The van der Waals surface area contributed by atoms with Crippen LogP contribution in [0.15, 0.2) is 78.2 Å². The number of aryl methyl sites for hydroxylation is 1. The molecular weight excluding hydrogens is 504 g/mol. The first-order valence-corrected chi connectivity index (χ1v) is 14.7. The Hall–Kier alpha value is -3.82. The molecule has 37 heavy (non-hydrogen) atoms. The number of anilines is 1. The molecule has 4 heterocycles. The minimum absolute atomic E-state index is 0.0279. The van der Waals surface area contributed by atoms with Gasteiger partial charge in [0.1, 0.15) is 0 Å². The summed E-state index contributed by atoms with van der Waals surface area (Å²) in [6, 6.07) is 23.0. The lowest BCUT2D eigenvalue weighted by molar-refractivity contribution is 0.102. The van der Waals surface area contributed by atoms with E-state index in [2.05, 4.69) is 10.4 Å². The number of hydrogen-bond acceptors (Lipinski definition) is 6. The van der Waals surface area contributed by atoms with Crippen molar-refractivity contribution in [2.24, 2.45) is 0 Å². The SMILES string of the molecule is Cc1nn(C2CCS(=O)(=O)C2)c2nc(-c3cccs3)cc(C(=O)Nc3ccccc3-c3ccccc3)c12. The Bertz CT molecular complexity index is 1730. The second kappa shape index (κ2) is 9.24. The fourth-order valence-corrected chi connectivity index (χ4v) is 7.29. The van der Waals surface area contributed by atoms with Crippen molar-refractivity contribution < 1.29 is 13.2 Å². The molecule has 1 unspecified atom stereocenters. The zero-order valence-corrected chi connectivity index (χ0v) is 21.7. The summed E-state index contributed by atoms with van der Waals surface area (Å²) in [4.78, 5) is 19.7. The largest absolute Gasteiger partial charge is 0.321 e. The minimum Gasteiger partial charge on any atom is -0.321 e. The van der Waals surface area contributed by atoms with E-state index in [9.17, 15) is 13.2 Å². The van der Waals surface area contributed by atoms with Gasteiger partial charge in [-0.2, -0.15) is 5.10 Å². The van der Waals surface area contributed by atoms with Crippen molar-refractivity contribution in [1.29, 1.82) is 0 Å². The number of carbonyl (C=O) groups excluding carboxylic acids is 1. The fourth-order valence-electron chi connectivity index (χ4n) is 4.92. The van der Waals surface area contributed by atoms with Gasteiger partial charge in [0.15, 0.2) is 15.5 Å². The van der Waals surface area contributed by atoms with Gasteiger partial charge in [0.25, 0.3) is 5.91 Å². The predicted octanol–water partition coefficient (Wildman–Crippen LogP) is 5.75. The van der Waals surface area contributed by atoms with E-state index in [1.807, 2.05) is 79.0 Å². The molecule has 5 aromatic rings. The molecule has 9 heteroatoms. The number of thiophene rings is 1. The van der Waals surface area contributed by atoms with Gasteiger partial charge in [0, 0.05) is 11.3 Å². The quantitative estimate of drug-likeness (QED) is 0.314. The van der Waals surface area contributed by atoms with E-state index in [1.54, 1.807) is 10.7 Å². The van der Waals surface area contributed by atoms with E-state index in [0.717, 1.165) is 16.0 Å². The molecule has 2 aromatic carbocycles. The van der Waals surface area contributed by atoms with Crippen molar-refractivity contribution in [3.05, 3.63) is 89.4 Å². The minimum atomic E-state index is -3.12. The van der Waals surface area contributed by atoms with Crippen LogP contribution in [0.25, 0.3) is 32.7 Å². The molecule has 0 bridgehead atoms. The number of rotatable bonds is 5. The lowest BCUT2D eigenvalue weighted by Gasteiger charge is -2.14. The Morgan fingerprint density at radius 2 is 1.84 bits per heavy atom. The summed E-state index contributed by atoms with van der Waals surface area (Å²) in [5, 5.41) is 10.4. The third kappa shape index (κ3) is 4.45. The molecule has 1 N–H and O–H groups in total. The van der Waals surface area contributed by atoms with Crippen LogP contribution in [-0.4, -0.2) is 40.6 Å². The molecule has 1 saturated heterocycles. The van der Waals surface area contributed by atoms with Crippen LogP contribution in [-0.2, 0) is 9.84 Å². The molecule has 0 radical (unpaired) electrons. The lowest BCUT2D eigenvalue weighted by atomic mass is 10.0. The Morgan fingerprint density at radius 3 is 2.57 bits per heavy atom. The highest BCUT2D eigenvalue weighted by atomic mass is 32.2. The molecule has 7 nitrogen and oxygen atoms in total. The summed E-state index contributed by atoms with van der Waals surface area (Å²) in [6.45, 7) is 1.84. The molecule has 0 aliphatic carbocycles. The third-order valence-corrected chi connectivity index (χ3v) is 9.31. The Balaban J connectivity index is 1.48. The zero-order chi connectivity index (χ0) is 25.6. The Morgan fingerprint density at radius 1 is 1.05 bits per heavy atom. The number of nitrogens with zero attached hydrogens (tertiary/aromatic N) is 3. The van der Waals surface area contributed by atoms with Crippen LogP contribution in [0.2, 0.25) is 0 Å². The zero-order valence-electron chi connectivity index (χ0n) is 20.1. The molecule has 1 aliphatic heterocycles. The van der Waals surface area contributed by atoms with Crippen molar-refractivity contribution in [3.8, 4) is 21.7 Å². The molecule has 0 saturated carbocycles. The number of sulfone groups is 1. The number of aromatic nitrogens is 3. The van der Waals surface area contributed by atoms with Gasteiger partial charge in [-0.15, -0.1) is 11.3 Å². The van der Waals surface area contributed by atoms with Crippen LogP contribution in [0.4, 0.5) is 5.69 Å². The number of para-hydroxylation sites is 1. The van der Waals surface area contributed by atoms with Crippen LogP contribution in [0.1, 0.15) is 28.5 Å². The Kier molecular flexibility index (Phi) is 5.89. The second-order valence-electron chi connectivity index (χ2n) is 9.18. The highest BCUT2D eigenvalue weighted by Gasteiger charge is 2.32. The van der Waals surface area contributed by atoms with E-state index >= 15 is 0 Å². The number of fused-ring (bicyclic) bond motifs is 1. The van der Waals surface area contributed by atoms with Gasteiger partial charge in [0.05, 0.1) is 44.8 Å². The molecule has 1 amide bonds. The standard InChI is InChI=1S/C28H24N4O3S2/c1-18-26-22(28(33)30-23-11-6-5-10-21(23)19-8-3-2-4-9-19)16-24(25-12-7-14-36-25)29-27(26)32(31-18)20-13-15-37(34,35)17-20/h2-12,14,16,20H,13,15,17H2,1H3,(H,30,33). The van der Waals surface area contributed by atoms with Crippen molar-refractivity contribution >= 4 is 43.8 Å². The molecule has 0 spiro atoms. The predicted molar refractivity (Wildman–Crippen MR) is 148 cm³/mol. The van der Waals surface area contributed by atoms with Crippen LogP contribution >= 0.6 is 11.3 Å². The van der Waals surface area contributed by atoms with Crippen molar-refractivity contribution in [3.63, 3.8) is 0 Å². The van der Waals surface area contributed by atoms with Crippen molar-refractivity contribution in [2.75, 3.05) is 16.8 Å². The topological polar surface area (TPSA) is 93.9 Å². The molecular formula is C28H24N4O3S2. The average Bonchev–Trinajstić information content (AvgIpc) is 3.64. The highest BCUT2D eigenvalue weighted by Crippen LogP contribution is 2.34. The van der Waals surface area contributed by atoms with E-state index in [-0.39, 0.29) is 23.5 Å². The van der Waals surface area contributed by atoms with E-state index in [0.29, 0.717) is 40.1 Å². The van der Waals surface area contributed by atoms with Crippen LogP contribution < -0.4 is 5.32 Å². The fraction of sp³-hybridized carbons (Fsp3) is 0.179. The molecule has 6 rings (SSSR count). The maximum absolute atomic E-state index is 13.9. The van der Waals surface area contributed by atoms with E-state index in [1.165, 1.54) is 11.3 Å². The highest BCUT2D eigenvalue weighted by molar-refractivity contribution is 7.91. The summed E-state index contributed by atoms with van der Waals surface area (Å²) < 4.78 is 26.1. The molecule has 1 aliphatic rings. The number of carbonyl (C=O) groups is 1. The average molecular weight is 529 g/mol. The summed E-state index contributed by atoms with van der Waals surface area (Å²) in [7, 11) is -3.12. The molecule has 3 aromatic heterocycles. The Labute approximate surface area is 218 Å². The maximum atomic E-state index is 13.9. The van der Waals surface area contributed by atoms with E-state index in [4.69, 9.17) is 4.98 Å². The first-order chi connectivity index (χ1) is 17.9. The molecule has 1 fully saturated rings. The number of benzene rings is 2. The smallest absolute Gasteiger partial charge is 0.256 e.